The second-order valence-electron chi connectivity index (χ2n) is 7.70. The third kappa shape index (κ3) is 4.96. The maximum absolute atomic E-state index is 13.0. The van der Waals surface area contributed by atoms with Crippen LogP contribution in [0, 0.1) is 6.92 Å². The van der Waals surface area contributed by atoms with Gasteiger partial charge in [-0.3, -0.25) is 14.4 Å². The number of hydrogen-bond donors (Lipinski definition) is 3. The molecule has 0 spiro atoms. The lowest BCUT2D eigenvalue weighted by molar-refractivity contribution is 0.102. The molecule has 1 fully saturated rings. The zero-order valence-electron chi connectivity index (χ0n) is 18.7. The number of amides is 3. The molecule has 1 aliphatic heterocycles. The van der Waals surface area contributed by atoms with Crippen LogP contribution in [0.2, 0.25) is 0 Å². The minimum atomic E-state index is -3.90. The van der Waals surface area contributed by atoms with E-state index in [2.05, 4.69) is 15.4 Å². The van der Waals surface area contributed by atoms with Crippen LogP contribution in [0.25, 0.3) is 0 Å². The van der Waals surface area contributed by atoms with E-state index in [4.69, 9.17) is 4.74 Å². The lowest BCUT2D eigenvalue weighted by Gasteiger charge is -2.15. The van der Waals surface area contributed by atoms with E-state index in [0.29, 0.717) is 47.0 Å². The summed E-state index contributed by atoms with van der Waals surface area (Å²) in [6, 6.07) is 17.7. The Morgan fingerprint density at radius 2 is 1.76 bits per heavy atom. The highest BCUT2D eigenvalue weighted by atomic mass is 32.2. The monoisotopic (exact) mass is 480 g/mol. The summed E-state index contributed by atoms with van der Waals surface area (Å²) < 4.78 is 33.7. The number of carbonyl (C=O) groups excluding carboxylic acids is 2. The third-order valence-electron chi connectivity index (χ3n) is 5.35. The molecule has 3 aromatic carbocycles. The van der Waals surface area contributed by atoms with Gasteiger partial charge in [0, 0.05) is 35.7 Å². The van der Waals surface area contributed by atoms with Crippen molar-refractivity contribution in [1.29, 1.82) is 0 Å². The number of sulfonamides is 1. The number of nitrogens with one attached hydrogen (secondary N) is 3. The van der Waals surface area contributed by atoms with Gasteiger partial charge < -0.3 is 15.4 Å². The number of ether oxygens (including phenoxy) is 1. The van der Waals surface area contributed by atoms with Crippen molar-refractivity contribution < 1.29 is 22.7 Å². The molecular weight excluding hydrogens is 456 g/mol. The Hall–Kier alpha value is -4.05. The molecule has 9 nitrogen and oxygen atoms in total. The van der Waals surface area contributed by atoms with Gasteiger partial charge in [-0.25, -0.2) is 13.2 Å². The molecule has 3 amide bonds. The molecule has 0 unspecified atom stereocenters. The molecule has 176 valence electrons. The van der Waals surface area contributed by atoms with E-state index in [1.807, 2.05) is 0 Å². The van der Waals surface area contributed by atoms with Crippen LogP contribution >= 0.6 is 0 Å². The van der Waals surface area contributed by atoms with E-state index in [-0.39, 0.29) is 10.9 Å². The summed E-state index contributed by atoms with van der Waals surface area (Å²) in [6.45, 7) is 2.74. The molecule has 1 heterocycles. The van der Waals surface area contributed by atoms with E-state index in [1.54, 1.807) is 72.5 Å². The first kappa shape index (κ1) is 23.1. The second-order valence-corrected chi connectivity index (χ2v) is 9.35. The minimum Gasteiger partial charge on any atom is -0.497 e. The largest absolute Gasteiger partial charge is 0.497 e. The Kier molecular flexibility index (Phi) is 6.42. The fourth-order valence-corrected chi connectivity index (χ4v) is 4.90. The Labute approximate surface area is 197 Å². The normalized spacial score (nSPS) is 13.4. The molecule has 3 aromatic rings. The number of carbonyl (C=O) groups is 2. The van der Waals surface area contributed by atoms with E-state index in [0.717, 1.165) is 0 Å². The fraction of sp³-hybridized carbons (Fsp3) is 0.167. The Balaban J connectivity index is 1.53. The van der Waals surface area contributed by atoms with Crippen LogP contribution in [0.15, 0.2) is 71.6 Å². The molecule has 0 radical (unpaired) electrons. The van der Waals surface area contributed by atoms with Gasteiger partial charge in [-0.2, -0.15) is 0 Å². The van der Waals surface area contributed by atoms with Gasteiger partial charge in [0.15, 0.2) is 0 Å². The van der Waals surface area contributed by atoms with Crippen LogP contribution in [-0.4, -0.2) is 40.6 Å². The topological polar surface area (TPSA) is 117 Å². The molecule has 0 atom stereocenters. The summed E-state index contributed by atoms with van der Waals surface area (Å²) in [5.41, 5.74) is 2.20. The van der Waals surface area contributed by atoms with Gasteiger partial charge >= 0.3 is 6.03 Å². The van der Waals surface area contributed by atoms with Gasteiger partial charge in [-0.05, 0) is 67.1 Å². The number of nitrogens with zero attached hydrogens (tertiary/aromatic N) is 1. The highest BCUT2D eigenvalue weighted by Gasteiger charge is 2.22. The fourth-order valence-electron chi connectivity index (χ4n) is 3.57. The molecule has 1 aliphatic rings. The van der Waals surface area contributed by atoms with Crippen LogP contribution in [-0.2, 0) is 10.0 Å². The highest BCUT2D eigenvalue weighted by Crippen LogP contribution is 2.25. The van der Waals surface area contributed by atoms with Crippen LogP contribution in [0.1, 0.15) is 15.9 Å². The average molecular weight is 481 g/mol. The van der Waals surface area contributed by atoms with Crippen molar-refractivity contribution in [1.82, 2.24) is 5.32 Å². The number of rotatable bonds is 7. The molecule has 3 N–H and O–H groups in total. The Bertz CT molecular complexity index is 1340. The summed E-state index contributed by atoms with van der Waals surface area (Å²) >= 11 is 0. The Morgan fingerprint density at radius 1 is 1.03 bits per heavy atom. The van der Waals surface area contributed by atoms with Gasteiger partial charge in [0.05, 0.1) is 12.0 Å². The molecule has 0 aromatic heterocycles. The summed E-state index contributed by atoms with van der Waals surface area (Å²) in [7, 11) is -2.37. The summed E-state index contributed by atoms with van der Waals surface area (Å²) in [6.07, 6.45) is 0. The first-order valence-electron chi connectivity index (χ1n) is 10.5. The molecule has 1 saturated heterocycles. The quantitative estimate of drug-likeness (QED) is 0.478. The molecule has 0 bridgehead atoms. The van der Waals surface area contributed by atoms with Crippen molar-refractivity contribution in [2.45, 2.75) is 11.8 Å². The lowest BCUT2D eigenvalue weighted by Crippen LogP contribution is -2.27. The molecule has 10 heteroatoms. The maximum Gasteiger partial charge on any atom is 0.321 e. The average Bonchev–Trinajstić information content (AvgIpc) is 3.26. The first-order valence-corrected chi connectivity index (χ1v) is 12.0. The molecule has 0 aliphatic carbocycles. The van der Waals surface area contributed by atoms with Crippen molar-refractivity contribution >= 4 is 39.0 Å². The predicted molar refractivity (Wildman–Crippen MR) is 130 cm³/mol. The van der Waals surface area contributed by atoms with E-state index < -0.39 is 15.9 Å². The smallest absolute Gasteiger partial charge is 0.321 e. The van der Waals surface area contributed by atoms with Crippen LogP contribution in [0.3, 0.4) is 0 Å². The molecule has 4 rings (SSSR count). The van der Waals surface area contributed by atoms with E-state index in [9.17, 15) is 18.0 Å². The third-order valence-corrected chi connectivity index (χ3v) is 6.88. The summed E-state index contributed by atoms with van der Waals surface area (Å²) in [5.74, 6) is 0.190. The second kappa shape index (κ2) is 9.44. The Morgan fingerprint density at radius 3 is 2.44 bits per heavy atom. The van der Waals surface area contributed by atoms with E-state index >= 15 is 0 Å². The van der Waals surface area contributed by atoms with Crippen LogP contribution < -0.4 is 25.0 Å². The first-order chi connectivity index (χ1) is 16.3. The van der Waals surface area contributed by atoms with Gasteiger partial charge in [0.25, 0.3) is 15.9 Å². The number of hydrogen-bond acceptors (Lipinski definition) is 5. The molecular formula is C24H24N4O5S. The van der Waals surface area contributed by atoms with Crippen molar-refractivity contribution in [3.05, 3.63) is 77.9 Å². The number of aryl methyl sites for hydroxylation is 1. The number of urea groups is 1. The molecule has 34 heavy (non-hydrogen) atoms. The zero-order chi connectivity index (χ0) is 24.3. The van der Waals surface area contributed by atoms with Gasteiger partial charge in [0.1, 0.15) is 5.75 Å². The summed E-state index contributed by atoms with van der Waals surface area (Å²) in [5, 5.41) is 5.46. The van der Waals surface area contributed by atoms with Gasteiger partial charge in [-0.15, -0.1) is 0 Å². The van der Waals surface area contributed by atoms with Crippen LogP contribution in [0.4, 0.5) is 21.9 Å². The molecule has 0 saturated carbocycles. The predicted octanol–water partition coefficient (Wildman–Crippen LogP) is 3.59. The van der Waals surface area contributed by atoms with E-state index in [1.165, 1.54) is 13.2 Å². The number of benzene rings is 3. The standard InChI is InChI=1S/C24H24N4O5S/c1-16-6-7-19(15-22(16)34(31,32)27-18-8-10-21(33-2)11-9-18)26-23(29)17-4-3-5-20(14-17)28-13-12-25-24(28)30/h3-11,14-15,27H,12-13H2,1-2H3,(H,25,30)(H,26,29). The van der Waals surface area contributed by atoms with Crippen molar-refractivity contribution in [3.8, 4) is 5.75 Å². The maximum atomic E-state index is 13.0. The number of methoxy groups -OCH3 is 1. The zero-order valence-corrected chi connectivity index (χ0v) is 19.5. The van der Waals surface area contributed by atoms with Gasteiger partial charge in [0.2, 0.25) is 0 Å². The summed E-state index contributed by atoms with van der Waals surface area (Å²) in [4.78, 5) is 26.4. The highest BCUT2D eigenvalue weighted by molar-refractivity contribution is 7.92. The van der Waals surface area contributed by atoms with Crippen LogP contribution in [0.5, 0.6) is 5.75 Å². The van der Waals surface area contributed by atoms with Crippen molar-refractivity contribution in [2.75, 3.05) is 35.1 Å². The van der Waals surface area contributed by atoms with Gasteiger partial charge in [-0.1, -0.05) is 12.1 Å². The SMILES string of the molecule is COc1ccc(NS(=O)(=O)c2cc(NC(=O)c3cccc(N4CCNC4=O)c3)ccc2C)cc1. The number of anilines is 3. The lowest BCUT2D eigenvalue weighted by atomic mass is 10.1. The minimum absolute atomic E-state index is 0.0450. The van der Waals surface area contributed by atoms with Crippen molar-refractivity contribution in [2.24, 2.45) is 0 Å². The van der Waals surface area contributed by atoms with Crippen molar-refractivity contribution in [3.63, 3.8) is 0 Å².